The lowest BCUT2D eigenvalue weighted by atomic mass is 9.94. The lowest BCUT2D eigenvalue weighted by Gasteiger charge is -2.25. The van der Waals surface area contributed by atoms with Gasteiger partial charge in [-0.1, -0.05) is 17.7 Å². The summed E-state index contributed by atoms with van der Waals surface area (Å²) >= 11 is 6.10. The second kappa shape index (κ2) is 10.1. The topological polar surface area (TPSA) is 96.3 Å². The number of Topliss-reactive ketones (excluding diaryl/α,β-unsaturated/α-hetero) is 1. The zero-order chi connectivity index (χ0) is 23.4. The number of aryl methyl sites for hydroxylation is 1. The van der Waals surface area contributed by atoms with Gasteiger partial charge in [-0.3, -0.25) is 9.59 Å². The van der Waals surface area contributed by atoms with Crippen LogP contribution in [0.4, 0.5) is 0 Å². The van der Waals surface area contributed by atoms with Gasteiger partial charge in [-0.15, -0.1) is 0 Å². The number of methoxy groups -OCH3 is 1. The fourth-order valence-electron chi connectivity index (χ4n) is 3.80. The van der Waals surface area contributed by atoms with Crippen LogP contribution in [-0.4, -0.2) is 53.7 Å². The summed E-state index contributed by atoms with van der Waals surface area (Å²) in [7, 11) is 1.56. The standard InChI is InChI=1S/C24H26ClNO6/c1-4-32-19-9-7-16(12-14(19)2)22(28)20-21(15-6-8-18(27)17(25)13-15)26(10-5-11-31-3)24(30)23(20)29/h6-9,12-13,21,27-28H,4-5,10-11H2,1-3H3/b22-20-. The molecule has 2 N–H and O–H groups in total. The van der Waals surface area contributed by atoms with E-state index in [2.05, 4.69) is 0 Å². The minimum absolute atomic E-state index is 0.0299. The zero-order valence-corrected chi connectivity index (χ0v) is 19.0. The van der Waals surface area contributed by atoms with Crippen LogP contribution in [0.3, 0.4) is 0 Å². The molecule has 1 atom stereocenters. The predicted molar refractivity (Wildman–Crippen MR) is 121 cm³/mol. The van der Waals surface area contributed by atoms with Crippen molar-refractivity contribution in [2.75, 3.05) is 26.9 Å². The van der Waals surface area contributed by atoms with Crippen LogP contribution in [0, 0.1) is 6.92 Å². The van der Waals surface area contributed by atoms with Crippen LogP contribution in [-0.2, 0) is 14.3 Å². The average Bonchev–Trinajstić information content (AvgIpc) is 3.02. The van der Waals surface area contributed by atoms with Gasteiger partial charge >= 0.3 is 0 Å². The highest BCUT2D eigenvalue weighted by Gasteiger charge is 2.46. The van der Waals surface area contributed by atoms with Crippen molar-refractivity contribution in [1.29, 1.82) is 0 Å². The molecule has 170 valence electrons. The normalized spacial score (nSPS) is 17.8. The zero-order valence-electron chi connectivity index (χ0n) is 18.2. The number of aliphatic hydroxyl groups is 1. The number of nitrogens with zero attached hydrogens (tertiary/aromatic N) is 1. The van der Waals surface area contributed by atoms with E-state index in [1.807, 2.05) is 13.8 Å². The van der Waals surface area contributed by atoms with Crippen LogP contribution in [0.15, 0.2) is 42.0 Å². The van der Waals surface area contributed by atoms with Crippen LogP contribution in [0.1, 0.15) is 36.1 Å². The first-order valence-electron chi connectivity index (χ1n) is 10.3. The first-order valence-corrected chi connectivity index (χ1v) is 10.7. The molecule has 1 saturated heterocycles. The molecule has 0 radical (unpaired) electrons. The number of aromatic hydroxyl groups is 1. The van der Waals surface area contributed by atoms with E-state index in [4.69, 9.17) is 21.1 Å². The molecule has 0 bridgehead atoms. The third-order valence-electron chi connectivity index (χ3n) is 5.32. The van der Waals surface area contributed by atoms with E-state index >= 15 is 0 Å². The van der Waals surface area contributed by atoms with Crippen LogP contribution < -0.4 is 4.74 Å². The van der Waals surface area contributed by atoms with Crippen LogP contribution in [0.2, 0.25) is 5.02 Å². The molecule has 2 aromatic carbocycles. The average molecular weight is 460 g/mol. The maximum Gasteiger partial charge on any atom is 0.295 e. The Morgan fingerprint density at radius 2 is 1.94 bits per heavy atom. The van der Waals surface area contributed by atoms with Gasteiger partial charge in [0.2, 0.25) is 0 Å². The molecule has 1 aliphatic rings. The molecule has 0 aromatic heterocycles. The van der Waals surface area contributed by atoms with Crippen LogP contribution in [0.25, 0.3) is 5.76 Å². The molecule has 8 heteroatoms. The summed E-state index contributed by atoms with van der Waals surface area (Å²) in [6.45, 7) is 4.87. The molecule has 1 amide bonds. The minimum Gasteiger partial charge on any atom is -0.507 e. The fourth-order valence-corrected chi connectivity index (χ4v) is 3.99. The Balaban J connectivity index is 2.13. The Kier molecular flexibility index (Phi) is 7.43. The lowest BCUT2D eigenvalue weighted by Crippen LogP contribution is -2.31. The number of carbonyl (C=O) groups excluding carboxylic acids is 2. The van der Waals surface area contributed by atoms with Gasteiger partial charge in [-0.2, -0.15) is 0 Å². The fraction of sp³-hybridized carbons (Fsp3) is 0.333. The maximum atomic E-state index is 13.0. The predicted octanol–water partition coefficient (Wildman–Crippen LogP) is 4.21. The number of phenolic OH excluding ortho intramolecular Hbond substituents is 1. The number of aliphatic hydroxyl groups excluding tert-OH is 1. The number of benzene rings is 2. The Morgan fingerprint density at radius 3 is 2.56 bits per heavy atom. The highest BCUT2D eigenvalue weighted by molar-refractivity contribution is 6.46. The molecular weight excluding hydrogens is 434 g/mol. The SMILES string of the molecule is CCOc1ccc(/C(O)=C2/C(=O)C(=O)N(CCCOC)C2c2ccc(O)c(Cl)c2)cc1C. The van der Waals surface area contributed by atoms with Crippen molar-refractivity contribution in [3.63, 3.8) is 0 Å². The molecule has 1 heterocycles. The Bertz CT molecular complexity index is 1060. The summed E-state index contributed by atoms with van der Waals surface area (Å²) in [5.41, 5.74) is 1.66. The quantitative estimate of drug-likeness (QED) is 0.265. The van der Waals surface area contributed by atoms with E-state index in [1.165, 1.54) is 17.0 Å². The second-order valence-corrected chi connectivity index (χ2v) is 7.87. The van der Waals surface area contributed by atoms with Gasteiger partial charge in [-0.25, -0.2) is 0 Å². The summed E-state index contributed by atoms with van der Waals surface area (Å²) in [6, 6.07) is 8.69. The van der Waals surface area contributed by atoms with E-state index in [-0.39, 0.29) is 28.6 Å². The molecule has 1 unspecified atom stereocenters. The monoisotopic (exact) mass is 459 g/mol. The summed E-state index contributed by atoms with van der Waals surface area (Å²) in [5, 5.41) is 21.0. The molecule has 1 aliphatic heterocycles. The number of halogens is 1. The van der Waals surface area contributed by atoms with Crippen molar-refractivity contribution in [1.82, 2.24) is 4.90 Å². The highest BCUT2D eigenvalue weighted by Crippen LogP contribution is 2.41. The number of hydrogen-bond donors (Lipinski definition) is 2. The summed E-state index contributed by atoms with van der Waals surface area (Å²) in [5.74, 6) is -1.21. The van der Waals surface area contributed by atoms with Gasteiger partial charge in [0.25, 0.3) is 11.7 Å². The molecule has 0 aliphatic carbocycles. The molecule has 32 heavy (non-hydrogen) atoms. The van der Waals surface area contributed by atoms with Crippen molar-refractivity contribution in [3.05, 3.63) is 63.7 Å². The molecule has 0 spiro atoms. The summed E-state index contributed by atoms with van der Waals surface area (Å²) in [6.07, 6.45) is 0.508. The van der Waals surface area contributed by atoms with Crippen molar-refractivity contribution in [2.45, 2.75) is 26.3 Å². The molecule has 2 aromatic rings. The largest absolute Gasteiger partial charge is 0.507 e. The van der Waals surface area contributed by atoms with Gasteiger partial charge in [0.15, 0.2) is 0 Å². The molecular formula is C24H26ClNO6. The third kappa shape index (κ3) is 4.59. The number of rotatable bonds is 8. The van der Waals surface area contributed by atoms with Crippen molar-refractivity contribution in [2.24, 2.45) is 0 Å². The van der Waals surface area contributed by atoms with Crippen LogP contribution in [0.5, 0.6) is 11.5 Å². The first-order chi connectivity index (χ1) is 15.3. The van der Waals surface area contributed by atoms with Crippen molar-refractivity contribution >= 4 is 29.1 Å². The number of phenols is 1. The van der Waals surface area contributed by atoms with Crippen molar-refractivity contribution in [3.8, 4) is 11.5 Å². The smallest absolute Gasteiger partial charge is 0.295 e. The third-order valence-corrected chi connectivity index (χ3v) is 5.63. The van der Waals surface area contributed by atoms with Gasteiger partial charge in [-0.05, 0) is 61.7 Å². The van der Waals surface area contributed by atoms with Crippen LogP contribution >= 0.6 is 11.6 Å². The van der Waals surface area contributed by atoms with Gasteiger partial charge in [0.1, 0.15) is 17.3 Å². The highest BCUT2D eigenvalue weighted by atomic mass is 35.5. The lowest BCUT2D eigenvalue weighted by molar-refractivity contribution is -0.140. The first kappa shape index (κ1) is 23.6. The Morgan fingerprint density at radius 1 is 1.19 bits per heavy atom. The number of amides is 1. The maximum absolute atomic E-state index is 13.0. The van der Waals surface area contributed by atoms with E-state index < -0.39 is 17.7 Å². The van der Waals surface area contributed by atoms with Gasteiger partial charge in [0, 0.05) is 25.8 Å². The number of ether oxygens (including phenoxy) is 2. The Labute approximate surface area is 191 Å². The van der Waals surface area contributed by atoms with E-state index in [1.54, 1.807) is 31.4 Å². The second-order valence-electron chi connectivity index (χ2n) is 7.46. The number of hydrogen-bond acceptors (Lipinski definition) is 6. The van der Waals surface area contributed by atoms with Gasteiger partial charge < -0.3 is 24.6 Å². The van der Waals surface area contributed by atoms with Crippen molar-refractivity contribution < 1.29 is 29.3 Å². The summed E-state index contributed by atoms with van der Waals surface area (Å²) in [4.78, 5) is 27.3. The van der Waals surface area contributed by atoms with E-state index in [0.717, 1.165) is 5.56 Å². The molecule has 3 rings (SSSR count). The molecule has 7 nitrogen and oxygen atoms in total. The van der Waals surface area contributed by atoms with E-state index in [9.17, 15) is 19.8 Å². The number of likely N-dealkylation sites (tertiary alicyclic amines) is 1. The molecule has 0 saturated carbocycles. The summed E-state index contributed by atoms with van der Waals surface area (Å²) < 4.78 is 10.6. The van der Waals surface area contributed by atoms with E-state index in [0.29, 0.717) is 36.5 Å². The number of ketones is 1. The minimum atomic E-state index is -0.850. The number of carbonyl (C=O) groups is 2. The van der Waals surface area contributed by atoms with Gasteiger partial charge in [0.05, 0.1) is 23.2 Å². The Hall–Kier alpha value is -3.03. The molecule has 1 fully saturated rings.